The normalized spacial score (nSPS) is 12.4. The molecule has 1 amide bonds. The number of amides is 1. The lowest BCUT2D eigenvalue weighted by atomic mass is 10.3. The fourth-order valence-corrected chi connectivity index (χ4v) is 2.31. The average molecular weight is 334 g/mol. The van der Waals surface area contributed by atoms with Gasteiger partial charge in [-0.3, -0.25) is 9.69 Å². The molecule has 0 saturated heterocycles. The van der Waals surface area contributed by atoms with Gasteiger partial charge in [-0.1, -0.05) is 12.1 Å². The first-order valence-electron chi connectivity index (χ1n) is 7.85. The van der Waals surface area contributed by atoms with E-state index in [-0.39, 0.29) is 18.1 Å². The molecule has 1 unspecified atom stereocenters. The van der Waals surface area contributed by atoms with Gasteiger partial charge in [0, 0.05) is 12.6 Å². The Hall–Kier alpha value is -2.25. The van der Waals surface area contributed by atoms with Crippen LogP contribution in [0.5, 0.6) is 0 Å². The maximum absolute atomic E-state index is 14.0. The number of aryl methyl sites for hydroxylation is 1. The first kappa shape index (κ1) is 18.1. The minimum Gasteiger partial charge on any atom is -0.393 e. The fourth-order valence-electron chi connectivity index (χ4n) is 2.31. The van der Waals surface area contributed by atoms with Crippen LogP contribution < -0.4 is 5.32 Å². The Bertz CT molecular complexity index is 700. The number of likely N-dealkylation sites (N-methyl/N-ethyl adjacent to an activating group) is 1. The quantitative estimate of drug-likeness (QED) is 0.812. The summed E-state index contributed by atoms with van der Waals surface area (Å²) in [5.74, 6) is -0.211. The van der Waals surface area contributed by atoms with Crippen LogP contribution in [0.3, 0.4) is 0 Å². The number of anilines is 1. The van der Waals surface area contributed by atoms with Gasteiger partial charge >= 0.3 is 0 Å². The van der Waals surface area contributed by atoms with Gasteiger partial charge in [-0.25, -0.2) is 9.07 Å². The summed E-state index contributed by atoms with van der Waals surface area (Å²) < 4.78 is 15.4. The third kappa shape index (κ3) is 4.87. The molecule has 24 heavy (non-hydrogen) atoms. The molecule has 7 heteroatoms. The van der Waals surface area contributed by atoms with E-state index in [1.165, 1.54) is 10.7 Å². The van der Waals surface area contributed by atoms with Gasteiger partial charge in [-0.15, -0.1) is 0 Å². The van der Waals surface area contributed by atoms with Crippen molar-refractivity contribution in [1.29, 1.82) is 0 Å². The van der Waals surface area contributed by atoms with E-state index in [1.807, 2.05) is 4.90 Å². The molecule has 1 aromatic heterocycles. The Kier molecular flexibility index (Phi) is 6.05. The summed E-state index contributed by atoms with van der Waals surface area (Å²) >= 11 is 0. The van der Waals surface area contributed by atoms with Crippen molar-refractivity contribution in [3.05, 3.63) is 41.8 Å². The van der Waals surface area contributed by atoms with E-state index < -0.39 is 11.9 Å². The minimum atomic E-state index is -0.412. The summed E-state index contributed by atoms with van der Waals surface area (Å²) in [5, 5.41) is 16.3. The smallest absolute Gasteiger partial charge is 0.239 e. The molecule has 0 aliphatic heterocycles. The second-order valence-electron chi connectivity index (χ2n) is 5.96. The number of aliphatic hydroxyl groups excluding tert-OH is 1. The molecular formula is C17H23FN4O2. The standard InChI is InChI=1S/C17H23FN4O2/c1-12-10-16(19-17(24)11-21(3)9-8-13(2)23)22(20-12)15-7-5-4-6-14(15)18/h4-7,10,13,23H,8-9,11H2,1-3H3,(H,19,24). The number of halogens is 1. The van der Waals surface area contributed by atoms with Crippen LogP contribution in [-0.2, 0) is 4.79 Å². The van der Waals surface area contributed by atoms with Gasteiger partial charge in [0.2, 0.25) is 5.91 Å². The molecular weight excluding hydrogens is 311 g/mol. The van der Waals surface area contributed by atoms with Crippen LogP contribution in [0, 0.1) is 12.7 Å². The van der Waals surface area contributed by atoms with Gasteiger partial charge < -0.3 is 10.4 Å². The number of hydrogen-bond acceptors (Lipinski definition) is 4. The molecule has 0 aliphatic rings. The van der Waals surface area contributed by atoms with E-state index in [2.05, 4.69) is 10.4 Å². The number of benzene rings is 1. The highest BCUT2D eigenvalue weighted by molar-refractivity contribution is 5.91. The maximum atomic E-state index is 14.0. The number of rotatable bonds is 7. The van der Waals surface area contributed by atoms with Crippen LogP contribution in [0.15, 0.2) is 30.3 Å². The summed E-state index contributed by atoms with van der Waals surface area (Å²) in [4.78, 5) is 14.0. The molecule has 2 N–H and O–H groups in total. The summed E-state index contributed by atoms with van der Waals surface area (Å²) in [6, 6.07) is 7.96. The summed E-state index contributed by atoms with van der Waals surface area (Å²) in [6.07, 6.45) is 0.191. The van der Waals surface area contributed by atoms with Gasteiger partial charge in [0.15, 0.2) is 0 Å². The van der Waals surface area contributed by atoms with Crippen LogP contribution in [0.25, 0.3) is 5.69 Å². The van der Waals surface area contributed by atoms with E-state index >= 15 is 0 Å². The number of aromatic nitrogens is 2. The molecule has 0 aliphatic carbocycles. The number of nitrogens with one attached hydrogen (secondary N) is 1. The number of carbonyl (C=O) groups excluding carboxylic acids is 1. The van der Waals surface area contributed by atoms with Crippen molar-refractivity contribution in [2.45, 2.75) is 26.4 Å². The molecule has 2 aromatic rings. The number of para-hydroxylation sites is 1. The van der Waals surface area contributed by atoms with Crippen LogP contribution in [0.1, 0.15) is 19.0 Å². The zero-order valence-corrected chi connectivity index (χ0v) is 14.2. The second kappa shape index (κ2) is 8.03. The highest BCUT2D eigenvalue weighted by Crippen LogP contribution is 2.19. The van der Waals surface area contributed by atoms with Crippen molar-refractivity contribution in [2.24, 2.45) is 0 Å². The van der Waals surface area contributed by atoms with E-state index in [0.717, 1.165) is 0 Å². The van der Waals surface area contributed by atoms with Crippen molar-refractivity contribution >= 4 is 11.7 Å². The topological polar surface area (TPSA) is 70.4 Å². The van der Waals surface area contributed by atoms with E-state index in [0.29, 0.717) is 24.5 Å². The largest absolute Gasteiger partial charge is 0.393 e. The van der Waals surface area contributed by atoms with Gasteiger partial charge in [0.25, 0.3) is 0 Å². The van der Waals surface area contributed by atoms with Crippen LogP contribution in [-0.4, -0.2) is 51.9 Å². The van der Waals surface area contributed by atoms with Crippen molar-refractivity contribution in [2.75, 3.05) is 25.5 Å². The predicted molar refractivity (Wildman–Crippen MR) is 90.7 cm³/mol. The van der Waals surface area contributed by atoms with Crippen LogP contribution in [0.2, 0.25) is 0 Å². The highest BCUT2D eigenvalue weighted by Gasteiger charge is 2.14. The zero-order chi connectivity index (χ0) is 17.7. The fraction of sp³-hybridized carbons (Fsp3) is 0.412. The van der Waals surface area contributed by atoms with E-state index in [1.54, 1.807) is 45.2 Å². The summed E-state index contributed by atoms with van der Waals surface area (Å²) in [5.41, 5.74) is 0.958. The lowest BCUT2D eigenvalue weighted by Crippen LogP contribution is -2.32. The summed E-state index contributed by atoms with van der Waals surface area (Å²) in [6.45, 7) is 4.27. The molecule has 1 aromatic carbocycles. The van der Waals surface area contributed by atoms with Gasteiger partial charge in [-0.05, 0) is 39.4 Å². The van der Waals surface area contributed by atoms with E-state index in [9.17, 15) is 14.3 Å². The Morgan fingerprint density at radius 1 is 1.46 bits per heavy atom. The molecule has 6 nitrogen and oxygen atoms in total. The maximum Gasteiger partial charge on any atom is 0.239 e. The molecule has 0 bridgehead atoms. The molecule has 1 heterocycles. The van der Waals surface area contributed by atoms with Crippen LogP contribution in [0.4, 0.5) is 10.2 Å². The summed E-state index contributed by atoms with van der Waals surface area (Å²) in [7, 11) is 1.81. The molecule has 0 fully saturated rings. The molecule has 130 valence electrons. The average Bonchev–Trinajstić information content (AvgIpc) is 2.85. The Balaban J connectivity index is 2.08. The van der Waals surface area contributed by atoms with Crippen molar-refractivity contribution < 1.29 is 14.3 Å². The Labute approximate surface area is 140 Å². The van der Waals surface area contributed by atoms with Gasteiger partial charge in [-0.2, -0.15) is 5.10 Å². The van der Waals surface area contributed by atoms with Crippen molar-refractivity contribution in [1.82, 2.24) is 14.7 Å². The monoisotopic (exact) mass is 334 g/mol. The third-order valence-corrected chi connectivity index (χ3v) is 3.52. The van der Waals surface area contributed by atoms with Crippen molar-refractivity contribution in [3.8, 4) is 5.69 Å². The van der Waals surface area contributed by atoms with Gasteiger partial charge in [0.1, 0.15) is 17.3 Å². The molecule has 0 radical (unpaired) electrons. The number of carbonyl (C=O) groups is 1. The van der Waals surface area contributed by atoms with Crippen molar-refractivity contribution in [3.63, 3.8) is 0 Å². The Morgan fingerprint density at radius 3 is 2.83 bits per heavy atom. The Morgan fingerprint density at radius 2 is 2.17 bits per heavy atom. The molecule has 2 rings (SSSR count). The first-order valence-corrected chi connectivity index (χ1v) is 7.85. The third-order valence-electron chi connectivity index (χ3n) is 3.52. The predicted octanol–water partition coefficient (Wildman–Crippen LogP) is 1.96. The first-order chi connectivity index (χ1) is 11.4. The van der Waals surface area contributed by atoms with Crippen LogP contribution >= 0.6 is 0 Å². The second-order valence-corrected chi connectivity index (χ2v) is 5.96. The van der Waals surface area contributed by atoms with E-state index in [4.69, 9.17) is 0 Å². The lowest BCUT2D eigenvalue weighted by molar-refractivity contribution is -0.117. The lowest BCUT2D eigenvalue weighted by Gasteiger charge is -2.17. The zero-order valence-electron chi connectivity index (χ0n) is 14.2. The minimum absolute atomic E-state index is 0.175. The number of nitrogens with zero attached hydrogens (tertiary/aromatic N) is 3. The number of aliphatic hydroxyl groups is 1. The molecule has 0 spiro atoms. The molecule has 1 atom stereocenters. The molecule has 0 saturated carbocycles. The number of hydrogen-bond donors (Lipinski definition) is 2. The van der Waals surface area contributed by atoms with Gasteiger partial charge in [0.05, 0.1) is 18.3 Å². The highest BCUT2D eigenvalue weighted by atomic mass is 19.1. The SMILES string of the molecule is Cc1cc(NC(=O)CN(C)CCC(C)O)n(-c2ccccc2F)n1.